The molecule has 1 aromatic rings. The number of hydrogen-bond acceptors (Lipinski definition) is 3. The van der Waals surface area contributed by atoms with Crippen LogP contribution in [0.3, 0.4) is 0 Å². The molecule has 2 rings (SSSR count). The van der Waals surface area contributed by atoms with Crippen molar-refractivity contribution in [1.29, 1.82) is 0 Å². The second kappa shape index (κ2) is 5.68. The normalized spacial score (nSPS) is 15.7. The zero-order valence-electron chi connectivity index (χ0n) is 10.2. The van der Waals surface area contributed by atoms with E-state index >= 15 is 0 Å². The van der Waals surface area contributed by atoms with E-state index in [1.807, 2.05) is 31.2 Å². The summed E-state index contributed by atoms with van der Waals surface area (Å²) in [7, 11) is 0. The molecule has 0 bridgehead atoms. The minimum absolute atomic E-state index is 0.0154. The SMILES string of the molecule is CCNC(=O)c1ccccc1N1CCNCC1. The van der Waals surface area contributed by atoms with Crippen LogP contribution in [-0.4, -0.2) is 38.6 Å². The number of nitrogens with one attached hydrogen (secondary N) is 2. The van der Waals surface area contributed by atoms with Crippen molar-refractivity contribution in [3.8, 4) is 0 Å². The third kappa shape index (κ3) is 2.77. The van der Waals surface area contributed by atoms with Gasteiger partial charge in [-0.25, -0.2) is 0 Å². The summed E-state index contributed by atoms with van der Waals surface area (Å²) in [6, 6.07) is 7.81. The molecule has 0 radical (unpaired) electrons. The van der Waals surface area contributed by atoms with Gasteiger partial charge in [-0.05, 0) is 19.1 Å². The molecule has 1 fully saturated rings. The molecule has 0 atom stereocenters. The molecule has 1 amide bonds. The number of carbonyl (C=O) groups excluding carboxylic acids is 1. The summed E-state index contributed by atoms with van der Waals surface area (Å²) in [6.07, 6.45) is 0. The largest absolute Gasteiger partial charge is 0.368 e. The summed E-state index contributed by atoms with van der Waals surface area (Å²) in [5, 5.41) is 6.18. The molecule has 1 aliphatic heterocycles. The molecule has 1 aromatic carbocycles. The Morgan fingerprint density at radius 3 is 2.76 bits per heavy atom. The van der Waals surface area contributed by atoms with Gasteiger partial charge in [0.15, 0.2) is 0 Å². The van der Waals surface area contributed by atoms with Crippen LogP contribution in [0.1, 0.15) is 17.3 Å². The van der Waals surface area contributed by atoms with Gasteiger partial charge in [0.2, 0.25) is 0 Å². The third-order valence-corrected chi connectivity index (χ3v) is 2.94. The van der Waals surface area contributed by atoms with Crippen LogP contribution < -0.4 is 15.5 Å². The third-order valence-electron chi connectivity index (χ3n) is 2.94. The minimum Gasteiger partial charge on any atom is -0.368 e. The fraction of sp³-hybridized carbons (Fsp3) is 0.462. The monoisotopic (exact) mass is 233 g/mol. The average Bonchev–Trinajstić information content (AvgIpc) is 2.40. The molecular formula is C13H19N3O. The highest BCUT2D eigenvalue weighted by Crippen LogP contribution is 2.20. The molecule has 92 valence electrons. The number of carbonyl (C=O) groups is 1. The molecule has 1 saturated heterocycles. The van der Waals surface area contributed by atoms with Crippen LogP contribution in [0.2, 0.25) is 0 Å². The zero-order chi connectivity index (χ0) is 12.1. The molecule has 1 heterocycles. The Kier molecular flexibility index (Phi) is 3.98. The summed E-state index contributed by atoms with van der Waals surface area (Å²) >= 11 is 0. The lowest BCUT2D eigenvalue weighted by Gasteiger charge is -2.30. The number of hydrogen-bond donors (Lipinski definition) is 2. The fourth-order valence-corrected chi connectivity index (χ4v) is 2.10. The summed E-state index contributed by atoms with van der Waals surface area (Å²) in [5.41, 5.74) is 1.82. The van der Waals surface area contributed by atoms with Crippen LogP contribution in [0.15, 0.2) is 24.3 Å². The zero-order valence-corrected chi connectivity index (χ0v) is 10.2. The highest BCUT2D eigenvalue weighted by molar-refractivity contribution is 5.99. The highest BCUT2D eigenvalue weighted by atomic mass is 16.1. The summed E-state index contributed by atoms with van der Waals surface area (Å²) < 4.78 is 0. The number of benzene rings is 1. The van der Waals surface area contributed by atoms with E-state index in [1.54, 1.807) is 0 Å². The van der Waals surface area contributed by atoms with Gasteiger partial charge in [-0.2, -0.15) is 0 Å². The van der Waals surface area contributed by atoms with E-state index in [2.05, 4.69) is 15.5 Å². The van der Waals surface area contributed by atoms with Crippen LogP contribution in [0.25, 0.3) is 0 Å². The second-order valence-electron chi connectivity index (χ2n) is 4.11. The van der Waals surface area contributed by atoms with Crippen molar-refractivity contribution >= 4 is 11.6 Å². The first-order valence-corrected chi connectivity index (χ1v) is 6.16. The van der Waals surface area contributed by atoms with E-state index in [4.69, 9.17) is 0 Å². The van der Waals surface area contributed by atoms with E-state index in [0.717, 1.165) is 37.4 Å². The van der Waals surface area contributed by atoms with Gasteiger partial charge in [0.1, 0.15) is 0 Å². The Labute approximate surface area is 102 Å². The van der Waals surface area contributed by atoms with Gasteiger partial charge in [0, 0.05) is 38.4 Å². The van der Waals surface area contributed by atoms with E-state index < -0.39 is 0 Å². The van der Waals surface area contributed by atoms with Crippen LogP contribution in [0, 0.1) is 0 Å². The predicted octanol–water partition coefficient (Wildman–Crippen LogP) is 0.846. The van der Waals surface area contributed by atoms with Gasteiger partial charge < -0.3 is 15.5 Å². The lowest BCUT2D eigenvalue weighted by molar-refractivity contribution is 0.0956. The van der Waals surface area contributed by atoms with Crippen molar-refractivity contribution in [2.45, 2.75) is 6.92 Å². The number of rotatable bonds is 3. The van der Waals surface area contributed by atoms with Gasteiger partial charge in [-0.1, -0.05) is 12.1 Å². The molecule has 0 unspecified atom stereocenters. The maximum atomic E-state index is 12.0. The van der Waals surface area contributed by atoms with Crippen molar-refractivity contribution in [1.82, 2.24) is 10.6 Å². The molecule has 17 heavy (non-hydrogen) atoms. The van der Waals surface area contributed by atoms with E-state index in [9.17, 15) is 4.79 Å². The standard InChI is InChI=1S/C13H19N3O/c1-2-15-13(17)11-5-3-4-6-12(11)16-9-7-14-8-10-16/h3-6,14H,2,7-10H2,1H3,(H,15,17). The quantitative estimate of drug-likeness (QED) is 0.813. The van der Waals surface area contributed by atoms with Crippen LogP contribution >= 0.6 is 0 Å². The maximum absolute atomic E-state index is 12.0. The predicted molar refractivity (Wildman–Crippen MR) is 69.5 cm³/mol. The molecule has 0 aliphatic carbocycles. The van der Waals surface area contributed by atoms with Crippen molar-refractivity contribution in [2.75, 3.05) is 37.6 Å². The van der Waals surface area contributed by atoms with Gasteiger partial charge >= 0.3 is 0 Å². The highest BCUT2D eigenvalue weighted by Gasteiger charge is 2.17. The molecule has 1 aliphatic rings. The van der Waals surface area contributed by atoms with Crippen LogP contribution in [0.4, 0.5) is 5.69 Å². The smallest absolute Gasteiger partial charge is 0.253 e. The van der Waals surface area contributed by atoms with Crippen molar-refractivity contribution in [2.24, 2.45) is 0 Å². The number of para-hydroxylation sites is 1. The van der Waals surface area contributed by atoms with E-state index in [1.165, 1.54) is 0 Å². The topological polar surface area (TPSA) is 44.4 Å². The molecule has 0 spiro atoms. The summed E-state index contributed by atoms with van der Waals surface area (Å²) in [5.74, 6) is 0.0154. The van der Waals surface area contributed by atoms with Gasteiger partial charge in [0.05, 0.1) is 5.56 Å². The Morgan fingerprint density at radius 1 is 1.35 bits per heavy atom. The molecular weight excluding hydrogens is 214 g/mol. The Balaban J connectivity index is 2.23. The molecule has 0 saturated carbocycles. The maximum Gasteiger partial charge on any atom is 0.253 e. The summed E-state index contributed by atoms with van der Waals surface area (Å²) in [6.45, 7) is 6.46. The van der Waals surface area contributed by atoms with Crippen molar-refractivity contribution < 1.29 is 4.79 Å². The first kappa shape index (κ1) is 11.9. The molecule has 2 N–H and O–H groups in total. The van der Waals surface area contributed by atoms with Gasteiger partial charge in [-0.15, -0.1) is 0 Å². The minimum atomic E-state index is 0.0154. The molecule has 0 aromatic heterocycles. The van der Waals surface area contributed by atoms with Gasteiger partial charge in [0.25, 0.3) is 5.91 Å². The second-order valence-corrected chi connectivity index (χ2v) is 4.11. The van der Waals surface area contributed by atoms with E-state index in [-0.39, 0.29) is 5.91 Å². The summed E-state index contributed by atoms with van der Waals surface area (Å²) in [4.78, 5) is 14.2. The lowest BCUT2D eigenvalue weighted by atomic mass is 10.1. The van der Waals surface area contributed by atoms with E-state index in [0.29, 0.717) is 6.54 Å². The van der Waals surface area contributed by atoms with Gasteiger partial charge in [-0.3, -0.25) is 4.79 Å². The van der Waals surface area contributed by atoms with Crippen LogP contribution in [-0.2, 0) is 0 Å². The Bertz CT molecular complexity index is 386. The number of amides is 1. The molecule has 4 nitrogen and oxygen atoms in total. The lowest BCUT2D eigenvalue weighted by Crippen LogP contribution is -2.44. The number of nitrogens with zero attached hydrogens (tertiary/aromatic N) is 1. The number of piperazine rings is 1. The average molecular weight is 233 g/mol. The van der Waals surface area contributed by atoms with Crippen molar-refractivity contribution in [3.63, 3.8) is 0 Å². The Hall–Kier alpha value is -1.55. The first-order chi connectivity index (χ1) is 8.33. The van der Waals surface area contributed by atoms with Crippen LogP contribution in [0.5, 0.6) is 0 Å². The Morgan fingerprint density at radius 2 is 2.06 bits per heavy atom. The number of anilines is 1. The molecule has 4 heteroatoms. The fourth-order valence-electron chi connectivity index (χ4n) is 2.10. The van der Waals surface area contributed by atoms with Crippen molar-refractivity contribution in [3.05, 3.63) is 29.8 Å². The first-order valence-electron chi connectivity index (χ1n) is 6.16.